The van der Waals surface area contributed by atoms with Crippen LogP contribution in [0.2, 0.25) is 0 Å². The van der Waals surface area contributed by atoms with Crippen LogP contribution in [0.1, 0.15) is 24.0 Å². The number of carbonyl (C=O) groups excluding carboxylic acids is 1. The molecule has 2 heterocycles. The Bertz CT molecular complexity index is 1180. The normalized spacial score (nSPS) is 19.3. The van der Waals surface area contributed by atoms with E-state index in [0.717, 1.165) is 46.5 Å². The molecule has 0 radical (unpaired) electrons. The third-order valence-electron chi connectivity index (χ3n) is 6.66. The third kappa shape index (κ3) is 3.63. The predicted molar refractivity (Wildman–Crippen MR) is 126 cm³/mol. The number of nitrogens with zero attached hydrogens (tertiary/aromatic N) is 3. The lowest BCUT2D eigenvalue weighted by atomic mass is 9.80. The maximum Gasteiger partial charge on any atom is 0.304 e. The Hall–Kier alpha value is -2.97. The fourth-order valence-corrected chi connectivity index (χ4v) is 6.00. The molecule has 2 aliphatic rings. The molecule has 1 amide bonds. The van der Waals surface area contributed by atoms with Gasteiger partial charge < -0.3 is 15.7 Å². The molecule has 5 rings (SSSR count). The second-order valence-corrected chi connectivity index (χ2v) is 9.99. The fraction of sp³-hybridized carbons (Fsp3) is 0.375. The van der Waals surface area contributed by atoms with Crippen LogP contribution in [0, 0.1) is 5.41 Å². The number of thiazole rings is 1. The van der Waals surface area contributed by atoms with Crippen LogP contribution in [0.25, 0.3) is 10.2 Å². The van der Waals surface area contributed by atoms with E-state index < -0.39 is 11.4 Å². The van der Waals surface area contributed by atoms with E-state index in [0.29, 0.717) is 18.0 Å². The highest BCUT2D eigenvalue weighted by Crippen LogP contribution is 2.43. The number of fused-ring (bicyclic) bond motifs is 2. The minimum Gasteiger partial charge on any atom is -0.481 e. The van der Waals surface area contributed by atoms with Gasteiger partial charge in [-0.3, -0.25) is 14.5 Å². The number of aromatic nitrogens is 1. The van der Waals surface area contributed by atoms with Crippen LogP contribution in [0.15, 0.2) is 42.5 Å². The molecule has 0 saturated carbocycles. The largest absolute Gasteiger partial charge is 0.481 e. The van der Waals surface area contributed by atoms with E-state index >= 15 is 0 Å². The SMILES string of the molecule is CN(C(=O)C1(CC(=O)O)Cc2ccccc2C1)c1nc2ccc(N3CC[C@H](N)C3)cc2s1. The van der Waals surface area contributed by atoms with E-state index in [4.69, 9.17) is 5.73 Å². The van der Waals surface area contributed by atoms with Crippen molar-refractivity contribution in [2.75, 3.05) is 29.9 Å². The van der Waals surface area contributed by atoms with E-state index in [-0.39, 0.29) is 18.4 Å². The van der Waals surface area contributed by atoms with E-state index in [2.05, 4.69) is 16.0 Å². The second kappa shape index (κ2) is 7.86. The Morgan fingerprint density at radius 3 is 2.59 bits per heavy atom. The molecule has 1 saturated heterocycles. The van der Waals surface area contributed by atoms with Crippen LogP contribution in [-0.2, 0) is 22.4 Å². The van der Waals surface area contributed by atoms with Crippen molar-refractivity contribution in [1.82, 2.24) is 4.98 Å². The van der Waals surface area contributed by atoms with Gasteiger partial charge in [0.15, 0.2) is 5.13 Å². The minimum absolute atomic E-state index is 0.194. The lowest BCUT2D eigenvalue weighted by molar-refractivity contribution is -0.144. The van der Waals surface area contributed by atoms with Crippen LogP contribution in [-0.4, -0.2) is 48.1 Å². The third-order valence-corrected chi connectivity index (χ3v) is 7.76. The van der Waals surface area contributed by atoms with Crippen molar-refractivity contribution in [2.24, 2.45) is 11.1 Å². The maximum atomic E-state index is 13.7. The molecule has 0 bridgehead atoms. The second-order valence-electron chi connectivity index (χ2n) is 8.98. The zero-order valence-electron chi connectivity index (χ0n) is 18.0. The standard InChI is InChI=1S/C24H26N4O3S/c1-27(22(31)24(13-21(29)30)11-15-4-2-3-5-16(15)12-24)23-26-19-7-6-18(10-20(19)32-23)28-9-8-17(25)14-28/h2-7,10,17H,8-9,11-14,25H2,1H3,(H,29,30)/t17-/m0/s1. The Balaban J connectivity index is 1.44. The number of amides is 1. The highest BCUT2D eigenvalue weighted by molar-refractivity contribution is 7.22. The summed E-state index contributed by atoms with van der Waals surface area (Å²) in [6.07, 6.45) is 1.65. The average Bonchev–Trinajstić information content (AvgIpc) is 3.47. The van der Waals surface area contributed by atoms with Gasteiger partial charge in [-0.05, 0) is 48.6 Å². The lowest BCUT2D eigenvalue weighted by Crippen LogP contribution is -2.44. The van der Waals surface area contributed by atoms with Gasteiger partial charge in [-0.1, -0.05) is 35.6 Å². The summed E-state index contributed by atoms with van der Waals surface area (Å²) >= 11 is 1.46. The number of rotatable bonds is 5. The smallest absolute Gasteiger partial charge is 0.304 e. The summed E-state index contributed by atoms with van der Waals surface area (Å²) in [5, 5.41) is 10.2. The topological polar surface area (TPSA) is 99.8 Å². The molecule has 8 heteroatoms. The summed E-state index contributed by atoms with van der Waals surface area (Å²) in [6.45, 7) is 1.78. The monoisotopic (exact) mass is 450 g/mol. The van der Waals surface area contributed by atoms with Crippen LogP contribution < -0.4 is 15.5 Å². The summed E-state index contributed by atoms with van der Waals surface area (Å²) in [5.74, 6) is -1.15. The highest BCUT2D eigenvalue weighted by atomic mass is 32.1. The number of anilines is 2. The van der Waals surface area contributed by atoms with Gasteiger partial charge in [0.2, 0.25) is 5.91 Å². The van der Waals surface area contributed by atoms with Crippen LogP contribution in [0.3, 0.4) is 0 Å². The Morgan fingerprint density at radius 2 is 1.97 bits per heavy atom. The van der Waals surface area contributed by atoms with Gasteiger partial charge in [-0.25, -0.2) is 4.98 Å². The number of carbonyl (C=O) groups is 2. The number of carboxylic acid groups (broad SMARTS) is 1. The number of benzene rings is 2. The lowest BCUT2D eigenvalue weighted by Gasteiger charge is -2.30. The van der Waals surface area contributed by atoms with Crippen molar-refractivity contribution < 1.29 is 14.7 Å². The Kier molecular flexibility index (Phi) is 5.14. The molecule has 3 aromatic rings. The van der Waals surface area contributed by atoms with Gasteiger partial charge >= 0.3 is 5.97 Å². The van der Waals surface area contributed by atoms with Crippen molar-refractivity contribution in [3.05, 3.63) is 53.6 Å². The molecule has 0 spiro atoms. The Morgan fingerprint density at radius 1 is 1.25 bits per heavy atom. The number of carboxylic acids is 1. The number of aliphatic carboxylic acids is 1. The first-order chi connectivity index (χ1) is 15.3. The summed E-state index contributed by atoms with van der Waals surface area (Å²) in [7, 11) is 1.70. The van der Waals surface area contributed by atoms with Crippen molar-refractivity contribution >= 4 is 44.2 Å². The summed E-state index contributed by atoms with van der Waals surface area (Å²) in [4.78, 5) is 33.9. The van der Waals surface area contributed by atoms with Gasteiger partial charge in [0.1, 0.15) is 0 Å². The average molecular weight is 451 g/mol. The van der Waals surface area contributed by atoms with Gasteiger partial charge in [-0.2, -0.15) is 0 Å². The summed E-state index contributed by atoms with van der Waals surface area (Å²) in [5.41, 5.74) is 9.11. The summed E-state index contributed by atoms with van der Waals surface area (Å²) in [6, 6.07) is 14.2. The fourth-order valence-electron chi connectivity index (χ4n) is 5.04. The van der Waals surface area contributed by atoms with Crippen molar-refractivity contribution in [3.8, 4) is 0 Å². The Labute approximate surface area is 190 Å². The molecule has 7 nitrogen and oxygen atoms in total. The first-order valence-electron chi connectivity index (χ1n) is 10.8. The molecular weight excluding hydrogens is 424 g/mol. The van der Waals surface area contributed by atoms with Gasteiger partial charge in [-0.15, -0.1) is 0 Å². The molecule has 1 aromatic heterocycles. The van der Waals surface area contributed by atoms with Gasteiger partial charge in [0.05, 0.1) is 22.1 Å². The summed E-state index contributed by atoms with van der Waals surface area (Å²) < 4.78 is 1.000. The number of nitrogens with two attached hydrogens (primary N) is 1. The van der Waals surface area contributed by atoms with Crippen LogP contribution >= 0.6 is 11.3 Å². The first kappa shape index (κ1) is 20.9. The molecule has 32 heavy (non-hydrogen) atoms. The van der Waals surface area contributed by atoms with E-state index in [9.17, 15) is 14.7 Å². The molecule has 2 aromatic carbocycles. The van der Waals surface area contributed by atoms with Crippen molar-refractivity contribution in [1.29, 1.82) is 0 Å². The van der Waals surface area contributed by atoms with Crippen LogP contribution in [0.4, 0.5) is 10.8 Å². The van der Waals surface area contributed by atoms with E-state index in [1.54, 1.807) is 11.9 Å². The number of hydrogen-bond donors (Lipinski definition) is 2. The molecule has 1 aliphatic carbocycles. The molecule has 1 aliphatic heterocycles. The minimum atomic E-state index is -0.987. The van der Waals surface area contributed by atoms with Crippen molar-refractivity contribution in [2.45, 2.75) is 31.7 Å². The first-order valence-corrected chi connectivity index (χ1v) is 11.6. The zero-order chi connectivity index (χ0) is 22.5. The quantitative estimate of drug-likeness (QED) is 0.620. The van der Waals surface area contributed by atoms with Gasteiger partial charge in [0.25, 0.3) is 0 Å². The molecule has 1 atom stereocenters. The molecule has 166 valence electrons. The molecule has 3 N–H and O–H groups in total. The molecule has 0 unspecified atom stereocenters. The molecular formula is C24H26N4O3S. The predicted octanol–water partition coefficient (Wildman–Crippen LogP) is 3.06. The van der Waals surface area contributed by atoms with Crippen LogP contribution in [0.5, 0.6) is 0 Å². The molecule has 1 fully saturated rings. The van der Waals surface area contributed by atoms with E-state index in [1.165, 1.54) is 11.3 Å². The van der Waals surface area contributed by atoms with Gasteiger partial charge in [0, 0.05) is 31.9 Å². The zero-order valence-corrected chi connectivity index (χ0v) is 18.8. The maximum absolute atomic E-state index is 13.7. The van der Waals surface area contributed by atoms with E-state index in [1.807, 2.05) is 36.4 Å². The highest BCUT2D eigenvalue weighted by Gasteiger charge is 2.47. The number of hydrogen-bond acceptors (Lipinski definition) is 6. The van der Waals surface area contributed by atoms with Crippen molar-refractivity contribution in [3.63, 3.8) is 0 Å².